The molecule has 28 heavy (non-hydrogen) atoms. The van der Waals surface area contributed by atoms with E-state index in [0.29, 0.717) is 23.6 Å². The number of aromatic nitrogens is 3. The summed E-state index contributed by atoms with van der Waals surface area (Å²) in [6.07, 6.45) is 2.07. The molecule has 0 spiro atoms. The minimum absolute atomic E-state index is 0.167. The largest absolute Gasteiger partial charge is 0.312 e. The van der Waals surface area contributed by atoms with Gasteiger partial charge in [0, 0.05) is 32.1 Å². The molecule has 1 fully saturated rings. The Bertz CT molecular complexity index is 880. The van der Waals surface area contributed by atoms with E-state index in [2.05, 4.69) is 25.0 Å². The van der Waals surface area contributed by atoms with Crippen molar-refractivity contribution in [2.75, 3.05) is 32.7 Å². The molecule has 8 heteroatoms. The SMILES string of the molecule is O=C1c2ccccc2C(=O)N1CCN1CCC(c2nnc3n2CCNC3)CC1. The Labute approximate surface area is 163 Å². The fourth-order valence-corrected chi connectivity index (χ4v) is 4.52. The number of likely N-dealkylation sites (tertiary alicyclic amines) is 1. The van der Waals surface area contributed by atoms with Crippen LogP contribution < -0.4 is 5.32 Å². The first-order chi connectivity index (χ1) is 13.7. The van der Waals surface area contributed by atoms with Crippen LogP contribution in [0.2, 0.25) is 0 Å². The molecule has 2 amide bonds. The third kappa shape index (κ3) is 2.93. The predicted octanol–water partition coefficient (Wildman–Crippen LogP) is 0.857. The van der Waals surface area contributed by atoms with Gasteiger partial charge < -0.3 is 14.8 Å². The lowest BCUT2D eigenvalue weighted by atomic mass is 9.95. The number of carbonyl (C=O) groups is 2. The quantitative estimate of drug-likeness (QED) is 0.792. The average molecular weight is 380 g/mol. The molecule has 0 aliphatic carbocycles. The van der Waals surface area contributed by atoms with Gasteiger partial charge in [-0.3, -0.25) is 14.5 Å². The van der Waals surface area contributed by atoms with Crippen molar-refractivity contribution in [2.45, 2.75) is 31.8 Å². The maximum absolute atomic E-state index is 12.5. The predicted molar refractivity (Wildman–Crippen MR) is 102 cm³/mol. The molecule has 2 aromatic rings. The van der Waals surface area contributed by atoms with Crippen molar-refractivity contribution in [1.29, 1.82) is 0 Å². The fraction of sp³-hybridized carbons (Fsp3) is 0.500. The van der Waals surface area contributed by atoms with Gasteiger partial charge in [0.15, 0.2) is 0 Å². The summed E-state index contributed by atoms with van der Waals surface area (Å²) in [7, 11) is 0. The molecule has 1 aromatic carbocycles. The van der Waals surface area contributed by atoms with E-state index in [9.17, 15) is 9.59 Å². The van der Waals surface area contributed by atoms with E-state index in [1.54, 1.807) is 24.3 Å². The number of hydrogen-bond donors (Lipinski definition) is 1. The molecule has 146 valence electrons. The van der Waals surface area contributed by atoms with Crippen LogP contribution in [0.3, 0.4) is 0 Å². The molecule has 5 rings (SSSR count). The molecule has 8 nitrogen and oxygen atoms in total. The highest BCUT2D eigenvalue weighted by Gasteiger charge is 2.35. The first-order valence-electron chi connectivity index (χ1n) is 10.0. The molecule has 0 saturated carbocycles. The molecule has 0 radical (unpaired) electrons. The van der Waals surface area contributed by atoms with Crippen LogP contribution in [-0.2, 0) is 13.1 Å². The van der Waals surface area contributed by atoms with Crippen LogP contribution in [0.1, 0.15) is 51.1 Å². The topological polar surface area (TPSA) is 83.4 Å². The van der Waals surface area contributed by atoms with Gasteiger partial charge in [-0.05, 0) is 38.1 Å². The molecule has 0 bridgehead atoms. The molecular formula is C20H24N6O2. The maximum atomic E-state index is 12.5. The Morgan fingerprint density at radius 1 is 0.964 bits per heavy atom. The number of carbonyl (C=O) groups excluding carboxylic acids is 2. The maximum Gasteiger partial charge on any atom is 0.261 e. The Hall–Kier alpha value is -2.58. The monoisotopic (exact) mass is 380 g/mol. The van der Waals surface area contributed by atoms with Crippen LogP contribution >= 0.6 is 0 Å². The third-order valence-corrected chi connectivity index (χ3v) is 6.12. The zero-order valence-corrected chi connectivity index (χ0v) is 15.8. The summed E-state index contributed by atoms with van der Waals surface area (Å²) in [5, 5.41) is 12.1. The minimum atomic E-state index is -0.167. The summed E-state index contributed by atoms with van der Waals surface area (Å²) in [5.74, 6) is 2.26. The summed E-state index contributed by atoms with van der Waals surface area (Å²) < 4.78 is 2.27. The zero-order chi connectivity index (χ0) is 19.1. The number of piperidine rings is 1. The lowest BCUT2D eigenvalue weighted by Gasteiger charge is -2.32. The highest BCUT2D eigenvalue weighted by Crippen LogP contribution is 2.28. The molecular weight excluding hydrogens is 356 g/mol. The summed E-state index contributed by atoms with van der Waals surface area (Å²) in [6.45, 7) is 5.78. The lowest BCUT2D eigenvalue weighted by Crippen LogP contribution is -2.41. The number of fused-ring (bicyclic) bond motifs is 2. The highest BCUT2D eigenvalue weighted by atomic mass is 16.2. The van der Waals surface area contributed by atoms with Crippen molar-refractivity contribution >= 4 is 11.8 Å². The molecule has 0 unspecified atom stereocenters. The van der Waals surface area contributed by atoms with E-state index in [1.807, 2.05) is 0 Å². The van der Waals surface area contributed by atoms with E-state index in [-0.39, 0.29) is 11.8 Å². The number of amides is 2. The lowest BCUT2D eigenvalue weighted by molar-refractivity contribution is 0.0629. The Kier molecular flexibility index (Phi) is 4.44. The number of benzene rings is 1. The average Bonchev–Trinajstić information content (AvgIpc) is 3.27. The van der Waals surface area contributed by atoms with E-state index in [4.69, 9.17) is 0 Å². The van der Waals surface area contributed by atoms with Gasteiger partial charge in [-0.25, -0.2) is 0 Å². The molecule has 0 atom stereocenters. The van der Waals surface area contributed by atoms with Crippen LogP contribution in [0.5, 0.6) is 0 Å². The number of hydrogen-bond acceptors (Lipinski definition) is 6. The van der Waals surface area contributed by atoms with Crippen LogP contribution in [0.4, 0.5) is 0 Å². The fourth-order valence-electron chi connectivity index (χ4n) is 4.52. The van der Waals surface area contributed by atoms with Crippen LogP contribution in [0, 0.1) is 0 Å². The first-order valence-corrected chi connectivity index (χ1v) is 10.0. The molecule has 1 aromatic heterocycles. The number of rotatable bonds is 4. The number of nitrogens with zero attached hydrogens (tertiary/aromatic N) is 5. The van der Waals surface area contributed by atoms with Gasteiger partial charge in [-0.15, -0.1) is 10.2 Å². The van der Waals surface area contributed by atoms with Gasteiger partial charge >= 0.3 is 0 Å². The highest BCUT2D eigenvalue weighted by molar-refractivity contribution is 6.21. The smallest absolute Gasteiger partial charge is 0.261 e. The second-order valence-electron chi connectivity index (χ2n) is 7.73. The second kappa shape index (κ2) is 7.10. The van der Waals surface area contributed by atoms with Crippen LogP contribution in [0.15, 0.2) is 24.3 Å². The molecule has 3 aliphatic rings. The minimum Gasteiger partial charge on any atom is -0.312 e. The van der Waals surface area contributed by atoms with Crippen molar-refractivity contribution in [1.82, 2.24) is 29.9 Å². The Balaban J connectivity index is 1.17. The van der Waals surface area contributed by atoms with Crippen molar-refractivity contribution in [3.63, 3.8) is 0 Å². The van der Waals surface area contributed by atoms with E-state index in [0.717, 1.165) is 63.8 Å². The molecule has 3 aliphatic heterocycles. The van der Waals surface area contributed by atoms with Crippen molar-refractivity contribution in [3.05, 3.63) is 47.0 Å². The van der Waals surface area contributed by atoms with Crippen LogP contribution in [-0.4, -0.2) is 69.1 Å². The summed E-state index contributed by atoms with van der Waals surface area (Å²) >= 11 is 0. The molecule has 4 heterocycles. The Morgan fingerprint density at radius 3 is 2.39 bits per heavy atom. The summed E-state index contributed by atoms with van der Waals surface area (Å²) in [6, 6.07) is 7.07. The Morgan fingerprint density at radius 2 is 1.68 bits per heavy atom. The number of imide groups is 1. The van der Waals surface area contributed by atoms with E-state index < -0.39 is 0 Å². The van der Waals surface area contributed by atoms with Gasteiger partial charge in [0.25, 0.3) is 11.8 Å². The van der Waals surface area contributed by atoms with Crippen molar-refractivity contribution < 1.29 is 9.59 Å². The first kappa shape index (κ1) is 17.5. The van der Waals surface area contributed by atoms with Gasteiger partial charge in [0.05, 0.1) is 17.7 Å². The standard InChI is InChI=1S/C20H24N6O2/c27-19-15-3-1-2-4-16(15)20(28)26(19)12-11-24-8-5-14(6-9-24)18-23-22-17-13-21-7-10-25(17)18/h1-4,14,21H,5-13H2. The van der Waals surface area contributed by atoms with Crippen molar-refractivity contribution in [3.8, 4) is 0 Å². The molecule has 1 saturated heterocycles. The summed E-state index contributed by atoms with van der Waals surface area (Å²) in [5.41, 5.74) is 1.05. The van der Waals surface area contributed by atoms with Gasteiger partial charge in [0.2, 0.25) is 0 Å². The normalized spacial score (nSPS) is 20.5. The van der Waals surface area contributed by atoms with Gasteiger partial charge in [-0.1, -0.05) is 12.1 Å². The van der Waals surface area contributed by atoms with Gasteiger partial charge in [0.1, 0.15) is 11.6 Å². The third-order valence-electron chi connectivity index (χ3n) is 6.12. The van der Waals surface area contributed by atoms with Crippen molar-refractivity contribution in [2.24, 2.45) is 0 Å². The second-order valence-corrected chi connectivity index (χ2v) is 7.73. The van der Waals surface area contributed by atoms with E-state index in [1.165, 1.54) is 4.90 Å². The summed E-state index contributed by atoms with van der Waals surface area (Å²) in [4.78, 5) is 28.7. The van der Waals surface area contributed by atoms with E-state index >= 15 is 0 Å². The zero-order valence-electron chi connectivity index (χ0n) is 15.8. The van der Waals surface area contributed by atoms with Gasteiger partial charge in [-0.2, -0.15) is 0 Å². The van der Waals surface area contributed by atoms with Crippen LogP contribution in [0.25, 0.3) is 0 Å². The molecule has 1 N–H and O–H groups in total. The number of nitrogens with one attached hydrogen (secondary N) is 1.